The minimum absolute atomic E-state index is 0.159. The lowest BCUT2D eigenvalue weighted by molar-refractivity contribution is -0.138. The number of nitrogens with zero attached hydrogens (tertiary/aromatic N) is 2. The van der Waals surface area contributed by atoms with E-state index in [0.717, 1.165) is 37.6 Å². The molecule has 1 aliphatic rings. The summed E-state index contributed by atoms with van der Waals surface area (Å²) >= 11 is 6.08. The van der Waals surface area contributed by atoms with Crippen molar-refractivity contribution in [3.63, 3.8) is 0 Å². The van der Waals surface area contributed by atoms with Crippen LogP contribution in [0.3, 0.4) is 0 Å². The highest BCUT2D eigenvalue weighted by molar-refractivity contribution is 6.30. The van der Waals surface area contributed by atoms with Crippen molar-refractivity contribution in [1.29, 1.82) is 0 Å². The molecule has 2 heterocycles. The van der Waals surface area contributed by atoms with Crippen LogP contribution in [0.1, 0.15) is 40.5 Å². The number of likely N-dealkylation sites (tertiary alicyclic amines) is 1. The van der Waals surface area contributed by atoms with Gasteiger partial charge in [0, 0.05) is 17.8 Å². The predicted molar refractivity (Wildman–Crippen MR) is 96.6 cm³/mol. The first kappa shape index (κ1) is 19.6. The molecule has 1 N–H and O–H groups in total. The lowest BCUT2D eigenvalue weighted by atomic mass is 10.1. The Hall–Kier alpha value is -2.12. The van der Waals surface area contributed by atoms with E-state index in [1.807, 2.05) is 18.2 Å². The van der Waals surface area contributed by atoms with Crippen LogP contribution in [-0.2, 0) is 6.18 Å². The van der Waals surface area contributed by atoms with E-state index in [0.29, 0.717) is 5.02 Å². The van der Waals surface area contributed by atoms with Gasteiger partial charge in [0.15, 0.2) is 0 Å². The maximum absolute atomic E-state index is 13.1. The standard InChI is InChI=1S/C19H19ClF3N3O/c20-14-6-3-5-13(11-14)16(26-9-1-2-10-26)12-25-18(27)17-15(19(21,22)23)7-4-8-24-17/h3-8,11,16H,1-2,9-10,12H2,(H,25,27). The molecule has 2 aromatic rings. The number of carbonyl (C=O) groups excluding carboxylic acids is 1. The number of rotatable bonds is 5. The average Bonchev–Trinajstić information content (AvgIpc) is 3.15. The van der Waals surface area contributed by atoms with E-state index in [9.17, 15) is 18.0 Å². The van der Waals surface area contributed by atoms with E-state index < -0.39 is 23.3 Å². The Morgan fingerprint density at radius 2 is 1.96 bits per heavy atom. The summed E-state index contributed by atoms with van der Waals surface area (Å²) < 4.78 is 39.4. The molecule has 1 atom stereocenters. The van der Waals surface area contributed by atoms with Crippen LogP contribution in [-0.4, -0.2) is 35.4 Å². The Morgan fingerprint density at radius 1 is 1.22 bits per heavy atom. The number of hydrogen-bond acceptors (Lipinski definition) is 3. The molecule has 0 saturated carbocycles. The number of nitrogens with one attached hydrogen (secondary N) is 1. The summed E-state index contributed by atoms with van der Waals surface area (Å²) in [5.74, 6) is -0.839. The average molecular weight is 398 g/mol. The maximum atomic E-state index is 13.1. The molecule has 27 heavy (non-hydrogen) atoms. The summed E-state index contributed by atoms with van der Waals surface area (Å²) in [6.07, 6.45) is -1.37. The van der Waals surface area contributed by atoms with Crippen molar-refractivity contribution in [3.8, 4) is 0 Å². The molecule has 0 aliphatic carbocycles. The van der Waals surface area contributed by atoms with Crippen LogP contribution >= 0.6 is 11.6 Å². The van der Waals surface area contributed by atoms with Crippen LogP contribution in [0.15, 0.2) is 42.6 Å². The van der Waals surface area contributed by atoms with E-state index in [1.54, 1.807) is 6.07 Å². The van der Waals surface area contributed by atoms with Crippen LogP contribution in [0.4, 0.5) is 13.2 Å². The summed E-state index contributed by atoms with van der Waals surface area (Å²) in [7, 11) is 0. The second-order valence-corrected chi connectivity index (χ2v) is 6.86. The van der Waals surface area contributed by atoms with E-state index >= 15 is 0 Å². The molecule has 1 unspecified atom stereocenters. The minimum atomic E-state index is -4.64. The second-order valence-electron chi connectivity index (χ2n) is 6.42. The zero-order chi connectivity index (χ0) is 19.4. The Morgan fingerprint density at radius 3 is 2.63 bits per heavy atom. The molecular formula is C19H19ClF3N3O. The molecule has 144 valence electrons. The molecule has 1 fully saturated rings. The normalized spacial score (nSPS) is 16.3. The lowest BCUT2D eigenvalue weighted by Gasteiger charge is -2.28. The molecule has 0 spiro atoms. The van der Waals surface area contributed by atoms with Gasteiger partial charge in [0.05, 0.1) is 11.6 Å². The van der Waals surface area contributed by atoms with Crippen molar-refractivity contribution >= 4 is 17.5 Å². The fraction of sp³-hybridized carbons (Fsp3) is 0.368. The van der Waals surface area contributed by atoms with E-state index in [4.69, 9.17) is 11.6 Å². The van der Waals surface area contributed by atoms with Crippen molar-refractivity contribution in [1.82, 2.24) is 15.2 Å². The van der Waals surface area contributed by atoms with Gasteiger partial charge in [0.25, 0.3) is 5.91 Å². The number of amides is 1. The van der Waals surface area contributed by atoms with Crippen molar-refractivity contribution in [2.24, 2.45) is 0 Å². The maximum Gasteiger partial charge on any atom is 0.418 e. The van der Waals surface area contributed by atoms with Crippen molar-refractivity contribution < 1.29 is 18.0 Å². The largest absolute Gasteiger partial charge is 0.418 e. The highest BCUT2D eigenvalue weighted by atomic mass is 35.5. The highest BCUT2D eigenvalue weighted by Gasteiger charge is 2.36. The van der Waals surface area contributed by atoms with Gasteiger partial charge < -0.3 is 5.32 Å². The number of hydrogen-bond donors (Lipinski definition) is 1. The summed E-state index contributed by atoms with van der Waals surface area (Å²) in [4.78, 5) is 18.3. The van der Waals surface area contributed by atoms with Gasteiger partial charge in [-0.2, -0.15) is 13.2 Å². The van der Waals surface area contributed by atoms with Crippen molar-refractivity contribution in [2.45, 2.75) is 25.1 Å². The molecule has 1 amide bonds. The summed E-state index contributed by atoms with van der Waals surface area (Å²) in [5, 5.41) is 3.20. The summed E-state index contributed by atoms with van der Waals surface area (Å²) in [6.45, 7) is 1.90. The van der Waals surface area contributed by atoms with Crippen LogP contribution in [0.25, 0.3) is 0 Å². The first-order chi connectivity index (χ1) is 12.9. The number of pyridine rings is 1. The van der Waals surface area contributed by atoms with Crippen LogP contribution < -0.4 is 5.32 Å². The van der Waals surface area contributed by atoms with Crippen LogP contribution in [0.2, 0.25) is 5.02 Å². The molecule has 3 rings (SSSR count). The van der Waals surface area contributed by atoms with Gasteiger partial charge in [-0.15, -0.1) is 0 Å². The van der Waals surface area contributed by atoms with Gasteiger partial charge in [-0.25, -0.2) is 0 Å². The topological polar surface area (TPSA) is 45.2 Å². The number of alkyl halides is 3. The highest BCUT2D eigenvalue weighted by Crippen LogP contribution is 2.31. The fourth-order valence-electron chi connectivity index (χ4n) is 3.31. The minimum Gasteiger partial charge on any atom is -0.349 e. The Labute approximate surface area is 160 Å². The molecule has 8 heteroatoms. The molecule has 1 aromatic heterocycles. The third kappa shape index (κ3) is 4.78. The lowest BCUT2D eigenvalue weighted by Crippen LogP contribution is -2.37. The van der Waals surface area contributed by atoms with E-state index in [2.05, 4.69) is 15.2 Å². The summed E-state index contributed by atoms with van der Waals surface area (Å²) in [5.41, 5.74) is -0.735. The third-order valence-electron chi connectivity index (χ3n) is 4.60. The monoisotopic (exact) mass is 397 g/mol. The zero-order valence-electron chi connectivity index (χ0n) is 14.5. The summed E-state index contributed by atoms with van der Waals surface area (Å²) in [6, 6.07) is 9.17. The molecule has 1 saturated heterocycles. The molecular weight excluding hydrogens is 379 g/mol. The molecule has 4 nitrogen and oxygen atoms in total. The second kappa shape index (κ2) is 8.27. The Kier molecular flexibility index (Phi) is 6.01. The van der Waals surface area contributed by atoms with Gasteiger partial charge >= 0.3 is 6.18 Å². The van der Waals surface area contributed by atoms with Gasteiger partial charge in [-0.3, -0.25) is 14.7 Å². The van der Waals surface area contributed by atoms with Gasteiger partial charge in [0.1, 0.15) is 5.69 Å². The van der Waals surface area contributed by atoms with Crippen molar-refractivity contribution in [3.05, 3.63) is 64.4 Å². The first-order valence-corrected chi connectivity index (χ1v) is 9.04. The molecule has 1 aliphatic heterocycles. The number of halogens is 4. The Bertz CT molecular complexity index is 807. The van der Waals surface area contributed by atoms with Gasteiger partial charge in [-0.1, -0.05) is 23.7 Å². The number of aromatic nitrogens is 1. The Balaban J connectivity index is 1.79. The van der Waals surface area contributed by atoms with Crippen molar-refractivity contribution in [2.75, 3.05) is 19.6 Å². The van der Waals surface area contributed by atoms with Crippen LogP contribution in [0.5, 0.6) is 0 Å². The third-order valence-corrected chi connectivity index (χ3v) is 4.83. The fourth-order valence-corrected chi connectivity index (χ4v) is 3.51. The zero-order valence-corrected chi connectivity index (χ0v) is 15.2. The molecule has 0 radical (unpaired) electrons. The van der Waals surface area contributed by atoms with Gasteiger partial charge in [0.2, 0.25) is 0 Å². The van der Waals surface area contributed by atoms with Gasteiger partial charge in [-0.05, 0) is 55.8 Å². The SMILES string of the molecule is O=C(NCC(c1cccc(Cl)c1)N1CCCC1)c1ncccc1C(F)(F)F. The van der Waals surface area contributed by atoms with Crippen LogP contribution in [0, 0.1) is 0 Å². The first-order valence-electron chi connectivity index (χ1n) is 8.66. The van der Waals surface area contributed by atoms with E-state index in [1.165, 1.54) is 12.3 Å². The van der Waals surface area contributed by atoms with E-state index in [-0.39, 0.29) is 12.6 Å². The predicted octanol–water partition coefficient (Wildman–Crippen LogP) is 4.32. The molecule has 0 bridgehead atoms. The molecule has 1 aromatic carbocycles. The number of benzene rings is 1. The number of carbonyl (C=O) groups is 1. The smallest absolute Gasteiger partial charge is 0.349 e. The quantitative estimate of drug-likeness (QED) is 0.817.